The van der Waals surface area contributed by atoms with Gasteiger partial charge in [0.15, 0.2) is 0 Å². The van der Waals surface area contributed by atoms with E-state index in [0.717, 1.165) is 17.8 Å². The van der Waals surface area contributed by atoms with Crippen LogP contribution in [0.5, 0.6) is 0 Å². The maximum atomic E-state index is 11.6. The summed E-state index contributed by atoms with van der Waals surface area (Å²) in [5.74, 6) is 0.0000954. The standard InChI is InChI=1S/C12H17BrN2O/c1-4-11(13)12(16)14-9-5-7-10(8-6-9)15(2)3/h5-8,11H,4H2,1-3H3,(H,14,16). The molecule has 1 amide bonds. The van der Waals surface area contributed by atoms with Crippen molar-refractivity contribution in [2.45, 2.75) is 18.2 Å². The molecule has 4 heteroatoms. The molecule has 1 aromatic rings. The molecular weight excluding hydrogens is 268 g/mol. The third-order valence-corrected chi connectivity index (χ3v) is 3.36. The lowest BCUT2D eigenvalue weighted by molar-refractivity contribution is -0.115. The first kappa shape index (κ1) is 13.0. The second kappa shape index (κ2) is 5.89. The van der Waals surface area contributed by atoms with Gasteiger partial charge in [-0.25, -0.2) is 0 Å². The van der Waals surface area contributed by atoms with Crippen molar-refractivity contribution in [1.29, 1.82) is 0 Å². The van der Waals surface area contributed by atoms with Crippen LogP contribution < -0.4 is 10.2 Å². The molecule has 1 unspecified atom stereocenters. The van der Waals surface area contributed by atoms with E-state index in [2.05, 4.69) is 21.2 Å². The molecule has 0 aliphatic heterocycles. The maximum absolute atomic E-state index is 11.6. The highest BCUT2D eigenvalue weighted by Gasteiger charge is 2.11. The summed E-state index contributed by atoms with van der Waals surface area (Å²) in [5, 5.41) is 2.85. The van der Waals surface area contributed by atoms with Crippen LogP contribution in [0.2, 0.25) is 0 Å². The second-order valence-corrected chi connectivity index (χ2v) is 4.91. The number of hydrogen-bond acceptors (Lipinski definition) is 2. The van der Waals surface area contributed by atoms with Crippen molar-refractivity contribution < 1.29 is 4.79 Å². The average molecular weight is 285 g/mol. The molecule has 0 fully saturated rings. The molecule has 1 N–H and O–H groups in total. The molecule has 0 spiro atoms. The van der Waals surface area contributed by atoms with E-state index in [1.807, 2.05) is 50.2 Å². The Morgan fingerprint density at radius 1 is 1.38 bits per heavy atom. The van der Waals surface area contributed by atoms with Crippen molar-refractivity contribution in [3.63, 3.8) is 0 Å². The SMILES string of the molecule is CCC(Br)C(=O)Nc1ccc(N(C)C)cc1. The Morgan fingerprint density at radius 3 is 2.38 bits per heavy atom. The van der Waals surface area contributed by atoms with Gasteiger partial charge in [-0.3, -0.25) is 4.79 Å². The molecule has 0 heterocycles. The van der Waals surface area contributed by atoms with Crippen LogP contribution in [0.15, 0.2) is 24.3 Å². The third kappa shape index (κ3) is 3.52. The molecule has 0 saturated carbocycles. The van der Waals surface area contributed by atoms with E-state index in [-0.39, 0.29) is 10.7 Å². The Balaban J connectivity index is 2.65. The van der Waals surface area contributed by atoms with E-state index in [9.17, 15) is 4.79 Å². The highest BCUT2D eigenvalue weighted by molar-refractivity contribution is 9.10. The van der Waals surface area contributed by atoms with Crippen LogP contribution in [0.3, 0.4) is 0 Å². The molecule has 0 bridgehead atoms. The Bertz CT molecular complexity index is 349. The van der Waals surface area contributed by atoms with Crippen LogP contribution in [-0.4, -0.2) is 24.8 Å². The summed E-state index contributed by atoms with van der Waals surface area (Å²) in [6.45, 7) is 1.97. The zero-order chi connectivity index (χ0) is 12.1. The summed E-state index contributed by atoms with van der Waals surface area (Å²) in [4.78, 5) is 13.5. The molecule has 16 heavy (non-hydrogen) atoms. The Hall–Kier alpha value is -1.03. The van der Waals surface area contributed by atoms with Crippen LogP contribution in [0.1, 0.15) is 13.3 Å². The minimum absolute atomic E-state index is 0.0000954. The van der Waals surface area contributed by atoms with Crippen molar-refractivity contribution in [3.8, 4) is 0 Å². The average Bonchev–Trinajstić information content (AvgIpc) is 2.28. The van der Waals surface area contributed by atoms with Gasteiger partial charge in [-0.15, -0.1) is 0 Å². The van der Waals surface area contributed by atoms with Crippen LogP contribution in [0.25, 0.3) is 0 Å². The topological polar surface area (TPSA) is 32.3 Å². The number of halogens is 1. The van der Waals surface area contributed by atoms with Crippen molar-refractivity contribution >= 4 is 33.2 Å². The van der Waals surface area contributed by atoms with E-state index in [1.165, 1.54) is 0 Å². The number of nitrogens with zero attached hydrogens (tertiary/aromatic N) is 1. The van der Waals surface area contributed by atoms with Gasteiger partial charge in [-0.1, -0.05) is 22.9 Å². The molecule has 0 aromatic heterocycles. The normalized spacial score (nSPS) is 12.0. The molecule has 0 aliphatic rings. The van der Waals surface area contributed by atoms with Gasteiger partial charge < -0.3 is 10.2 Å². The molecule has 0 aliphatic carbocycles. The number of carbonyl (C=O) groups excluding carboxylic acids is 1. The van der Waals surface area contributed by atoms with Gasteiger partial charge in [-0.2, -0.15) is 0 Å². The lowest BCUT2D eigenvalue weighted by atomic mass is 10.2. The maximum Gasteiger partial charge on any atom is 0.238 e. The smallest absolute Gasteiger partial charge is 0.238 e. The minimum Gasteiger partial charge on any atom is -0.378 e. The van der Waals surface area contributed by atoms with Gasteiger partial charge in [0, 0.05) is 25.5 Å². The summed E-state index contributed by atoms with van der Waals surface area (Å²) in [6.07, 6.45) is 0.779. The minimum atomic E-state index is -0.124. The van der Waals surface area contributed by atoms with Gasteiger partial charge in [-0.05, 0) is 30.7 Å². The zero-order valence-corrected chi connectivity index (χ0v) is 11.4. The largest absolute Gasteiger partial charge is 0.378 e. The van der Waals surface area contributed by atoms with Crippen LogP contribution in [0, 0.1) is 0 Å². The highest BCUT2D eigenvalue weighted by atomic mass is 79.9. The number of nitrogens with one attached hydrogen (secondary N) is 1. The fourth-order valence-electron chi connectivity index (χ4n) is 1.25. The summed E-state index contributed by atoms with van der Waals surface area (Å²) >= 11 is 3.32. The first-order valence-corrected chi connectivity index (χ1v) is 6.18. The summed E-state index contributed by atoms with van der Waals surface area (Å²) in [6, 6.07) is 7.76. The third-order valence-electron chi connectivity index (χ3n) is 2.29. The number of rotatable bonds is 4. The zero-order valence-electron chi connectivity index (χ0n) is 9.83. The predicted molar refractivity (Wildman–Crippen MR) is 72.4 cm³/mol. The predicted octanol–water partition coefficient (Wildman–Crippen LogP) is 2.86. The number of hydrogen-bond donors (Lipinski definition) is 1. The van der Waals surface area contributed by atoms with Gasteiger partial charge in [0.1, 0.15) is 0 Å². The first-order valence-electron chi connectivity index (χ1n) is 5.27. The first-order chi connectivity index (χ1) is 7.54. The van der Waals surface area contributed by atoms with Crippen LogP contribution in [0.4, 0.5) is 11.4 Å². The van der Waals surface area contributed by atoms with Gasteiger partial charge >= 0.3 is 0 Å². The summed E-state index contributed by atoms with van der Waals surface area (Å²) in [5.41, 5.74) is 1.94. The van der Waals surface area contributed by atoms with E-state index >= 15 is 0 Å². The molecule has 3 nitrogen and oxygen atoms in total. The molecular formula is C12H17BrN2O. The number of carbonyl (C=O) groups is 1. The quantitative estimate of drug-likeness (QED) is 0.863. The van der Waals surface area contributed by atoms with Crippen LogP contribution in [-0.2, 0) is 4.79 Å². The van der Waals surface area contributed by atoms with E-state index in [1.54, 1.807) is 0 Å². The molecule has 1 atom stereocenters. The summed E-state index contributed by atoms with van der Waals surface area (Å²) in [7, 11) is 3.97. The van der Waals surface area contributed by atoms with Crippen LogP contribution >= 0.6 is 15.9 Å². The van der Waals surface area contributed by atoms with Crippen molar-refractivity contribution in [2.75, 3.05) is 24.3 Å². The number of anilines is 2. The molecule has 0 radical (unpaired) electrons. The summed E-state index contributed by atoms with van der Waals surface area (Å²) < 4.78 is 0. The number of benzene rings is 1. The molecule has 0 saturated heterocycles. The molecule has 1 aromatic carbocycles. The lowest BCUT2D eigenvalue weighted by Gasteiger charge is -2.13. The second-order valence-electron chi connectivity index (χ2n) is 3.81. The van der Waals surface area contributed by atoms with Gasteiger partial charge in [0.2, 0.25) is 5.91 Å². The van der Waals surface area contributed by atoms with E-state index in [0.29, 0.717) is 0 Å². The number of amides is 1. The van der Waals surface area contributed by atoms with E-state index in [4.69, 9.17) is 0 Å². The Kier molecular flexibility index (Phi) is 4.80. The van der Waals surface area contributed by atoms with Gasteiger partial charge in [0.05, 0.1) is 4.83 Å². The lowest BCUT2D eigenvalue weighted by Crippen LogP contribution is -2.21. The highest BCUT2D eigenvalue weighted by Crippen LogP contribution is 2.16. The fourth-order valence-corrected chi connectivity index (χ4v) is 1.36. The van der Waals surface area contributed by atoms with Crippen molar-refractivity contribution in [1.82, 2.24) is 0 Å². The van der Waals surface area contributed by atoms with Crippen molar-refractivity contribution in [2.24, 2.45) is 0 Å². The Labute approximate surface area is 105 Å². The van der Waals surface area contributed by atoms with Crippen molar-refractivity contribution in [3.05, 3.63) is 24.3 Å². The number of alkyl halides is 1. The monoisotopic (exact) mass is 284 g/mol. The Morgan fingerprint density at radius 2 is 1.94 bits per heavy atom. The van der Waals surface area contributed by atoms with Gasteiger partial charge in [0.25, 0.3) is 0 Å². The molecule has 1 rings (SSSR count). The van der Waals surface area contributed by atoms with E-state index < -0.39 is 0 Å². The fraction of sp³-hybridized carbons (Fsp3) is 0.417. The molecule has 88 valence electrons.